The first-order valence-corrected chi connectivity index (χ1v) is 5.93. The fourth-order valence-electron chi connectivity index (χ4n) is 1.75. The largest absolute Gasteiger partial charge is 0.207 e. The maximum atomic E-state index is 13.0. The molecule has 0 spiro atoms. The van der Waals surface area contributed by atoms with Gasteiger partial charge >= 0.3 is 0 Å². The zero-order valence-electron chi connectivity index (χ0n) is 9.64. The van der Waals surface area contributed by atoms with Crippen molar-refractivity contribution in [2.24, 2.45) is 0 Å². The summed E-state index contributed by atoms with van der Waals surface area (Å²) >= 11 is 6.03. The molecule has 0 saturated carbocycles. The second kappa shape index (κ2) is 5.61. The highest BCUT2D eigenvalue weighted by atomic mass is 35.5. The molecule has 0 saturated heterocycles. The minimum atomic E-state index is -0.980. The summed E-state index contributed by atoms with van der Waals surface area (Å²) in [6.07, 6.45) is 0.141. The van der Waals surface area contributed by atoms with Gasteiger partial charge in [0, 0.05) is 6.07 Å². The number of halogens is 5. The van der Waals surface area contributed by atoms with Crippen molar-refractivity contribution in [3.63, 3.8) is 0 Å². The van der Waals surface area contributed by atoms with Gasteiger partial charge in [-0.25, -0.2) is 17.6 Å². The van der Waals surface area contributed by atoms with Crippen LogP contribution in [0.15, 0.2) is 36.4 Å². The van der Waals surface area contributed by atoms with Crippen LogP contribution in [0.25, 0.3) is 0 Å². The van der Waals surface area contributed by atoms with Crippen molar-refractivity contribution in [1.82, 2.24) is 0 Å². The van der Waals surface area contributed by atoms with Gasteiger partial charge in [0.2, 0.25) is 0 Å². The lowest BCUT2D eigenvalue weighted by atomic mass is 10.0. The van der Waals surface area contributed by atoms with Crippen LogP contribution in [-0.4, -0.2) is 0 Å². The zero-order valence-corrected chi connectivity index (χ0v) is 10.4. The van der Waals surface area contributed by atoms with E-state index >= 15 is 0 Å². The van der Waals surface area contributed by atoms with Crippen LogP contribution < -0.4 is 0 Å². The quantitative estimate of drug-likeness (QED) is 0.564. The van der Waals surface area contributed by atoms with Gasteiger partial charge in [-0.3, -0.25) is 0 Å². The predicted octanol–water partition coefficient (Wildman–Crippen LogP) is 4.77. The van der Waals surface area contributed by atoms with Crippen molar-refractivity contribution in [3.8, 4) is 0 Å². The molecule has 5 heteroatoms. The highest BCUT2D eigenvalue weighted by Crippen LogP contribution is 2.26. The van der Waals surface area contributed by atoms with Gasteiger partial charge in [0.1, 0.15) is 11.6 Å². The average molecular weight is 289 g/mol. The Kier molecular flexibility index (Phi) is 4.10. The lowest BCUT2D eigenvalue weighted by Gasteiger charge is -2.10. The lowest BCUT2D eigenvalue weighted by molar-refractivity contribution is 0.507. The second-order valence-corrected chi connectivity index (χ2v) is 4.65. The summed E-state index contributed by atoms with van der Waals surface area (Å²) in [4.78, 5) is 0. The van der Waals surface area contributed by atoms with E-state index in [1.54, 1.807) is 0 Å². The van der Waals surface area contributed by atoms with Gasteiger partial charge in [0.05, 0.1) is 5.38 Å². The average Bonchev–Trinajstić information content (AvgIpc) is 2.32. The van der Waals surface area contributed by atoms with Crippen molar-refractivity contribution in [3.05, 3.63) is 70.8 Å². The smallest absolute Gasteiger partial charge is 0.159 e. The Morgan fingerprint density at radius 3 is 2.05 bits per heavy atom. The van der Waals surface area contributed by atoms with Gasteiger partial charge < -0.3 is 0 Å². The van der Waals surface area contributed by atoms with Gasteiger partial charge in [-0.2, -0.15) is 0 Å². The van der Waals surface area contributed by atoms with Crippen molar-refractivity contribution >= 4 is 11.6 Å². The molecule has 1 atom stereocenters. The van der Waals surface area contributed by atoms with Crippen LogP contribution in [0, 0.1) is 23.3 Å². The van der Waals surface area contributed by atoms with Crippen LogP contribution in [-0.2, 0) is 6.42 Å². The molecule has 0 fully saturated rings. The molecular formula is C14H9ClF4. The third kappa shape index (κ3) is 3.47. The topological polar surface area (TPSA) is 0 Å². The van der Waals surface area contributed by atoms with Crippen molar-refractivity contribution in [1.29, 1.82) is 0 Å². The van der Waals surface area contributed by atoms with Crippen LogP contribution in [0.3, 0.4) is 0 Å². The van der Waals surface area contributed by atoms with Crippen molar-refractivity contribution < 1.29 is 17.6 Å². The number of alkyl halides is 1. The Bertz CT molecular complexity index is 578. The van der Waals surface area contributed by atoms with Crippen molar-refractivity contribution in [2.45, 2.75) is 11.8 Å². The van der Waals surface area contributed by atoms with Crippen molar-refractivity contribution in [2.75, 3.05) is 0 Å². The first-order valence-electron chi connectivity index (χ1n) is 5.49. The zero-order chi connectivity index (χ0) is 14.0. The summed E-state index contributed by atoms with van der Waals surface area (Å²) in [6.45, 7) is 0. The molecule has 2 aromatic rings. The first-order chi connectivity index (χ1) is 8.95. The number of hydrogen-bond acceptors (Lipinski definition) is 0. The minimum Gasteiger partial charge on any atom is -0.207 e. The maximum Gasteiger partial charge on any atom is 0.159 e. The van der Waals surface area contributed by atoms with Gasteiger partial charge in [-0.1, -0.05) is 6.07 Å². The normalized spacial score (nSPS) is 12.5. The Morgan fingerprint density at radius 2 is 1.47 bits per heavy atom. The van der Waals surface area contributed by atoms with E-state index in [1.165, 1.54) is 6.07 Å². The molecule has 0 N–H and O–H groups in total. The van der Waals surface area contributed by atoms with E-state index in [2.05, 4.69) is 0 Å². The summed E-state index contributed by atoms with van der Waals surface area (Å²) in [7, 11) is 0. The molecule has 1 unspecified atom stereocenters. The maximum absolute atomic E-state index is 13.0. The third-order valence-corrected chi connectivity index (χ3v) is 3.05. The highest BCUT2D eigenvalue weighted by molar-refractivity contribution is 6.20. The second-order valence-electron chi connectivity index (χ2n) is 4.12. The fourth-order valence-corrected chi connectivity index (χ4v) is 2.05. The van der Waals surface area contributed by atoms with Crippen LogP contribution in [0.5, 0.6) is 0 Å². The van der Waals surface area contributed by atoms with E-state index in [0.29, 0.717) is 5.56 Å². The van der Waals surface area contributed by atoms with E-state index in [4.69, 9.17) is 11.6 Å². The fraction of sp³-hybridized carbons (Fsp3) is 0.143. The van der Waals surface area contributed by atoms with E-state index < -0.39 is 28.6 Å². The molecule has 0 aliphatic heterocycles. The van der Waals surface area contributed by atoms with E-state index in [1.807, 2.05) is 0 Å². The molecule has 0 bridgehead atoms. The van der Waals surface area contributed by atoms with E-state index in [-0.39, 0.29) is 12.0 Å². The number of benzene rings is 2. The molecule has 100 valence electrons. The summed E-state index contributed by atoms with van der Waals surface area (Å²) in [5, 5.41) is -0.727. The SMILES string of the molecule is Fc1cc(F)cc(C(Cl)Cc2ccc(F)c(F)c2)c1. The summed E-state index contributed by atoms with van der Waals surface area (Å²) < 4.78 is 51.9. The molecule has 0 aromatic heterocycles. The minimum absolute atomic E-state index is 0.141. The Balaban J connectivity index is 2.20. The number of hydrogen-bond donors (Lipinski definition) is 0. The van der Waals surface area contributed by atoms with Gasteiger partial charge in [0.15, 0.2) is 11.6 Å². The van der Waals surface area contributed by atoms with Gasteiger partial charge in [-0.05, 0) is 41.8 Å². The summed E-state index contributed by atoms with van der Waals surface area (Å²) in [6, 6.07) is 6.34. The molecule has 0 aliphatic rings. The van der Waals surface area contributed by atoms with Crippen LogP contribution in [0.4, 0.5) is 17.6 Å². The monoisotopic (exact) mass is 288 g/mol. The molecule has 2 rings (SSSR count). The lowest BCUT2D eigenvalue weighted by Crippen LogP contribution is -1.99. The summed E-state index contributed by atoms with van der Waals surface area (Å²) in [5.74, 6) is -3.39. The number of rotatable bonds is 3. The first kappa shape index (κ1) is 13.9. The standard InChI is InChI=1S/C14H9ClF4/c15-12(9-5-10(16)7-11(17)6-9)3-8-1-2-13(18)14(19)4-8/h1-2,4-7,12H,3H2. The molecule has 0 heterocycles. The molecule has 0 amide bonds. The third-order valence-electron chi connectivity index (χ3n) is 2.65. The van der Waals surface area contributed by atoms with Crippen LogP contribution in [0.2, 0.25) is 0 Å². The van der Waals surface area contributed by atoms with Crippen LogP contribution in [0.1, 0.15) is 16.5 Å². The Hall–Kier alpha value is -1.55. The molecule has 0 nitrogen and oxygen atoms in total. The molecular weight excluding hydrogens is 280 g/mol. The molecule has 19 heavy (non-hydrogen) atoms. The van der Waals surface area contributed by atoms with E-state index in [0.717, 1.165) is 30.3 Å². The molecule has 0 aliphatic carbocycles. The Morgan fingerprint density at radius 1 is 0.842 bits per heavy atom. The van der Waals surface area contributed by atoms with Gasteiger partial charge in [-0.15, -0.1) is 11.6 Å². The molecule has 0 radical (unpaired) electrons. The van der Waals surface area contributed by atoms with Crippen LogP contribution >= 0.6 is 11.6 Å². The van der Waals surface area contributed by atoms with E-state index in [9.17, 15) is 17.6 Å². The molecule has 2 aromatic carbocycles. The summed E-state index contributed by atoms with van der Waals surface area (Å²) in [5.41, 5.74) is 0.701. The predicted molar refractivity (Wildman–Crippen MR) is 65.0 cm³/mol. The van der Waals surface area contributed by atoms with Gasteiger partial charge in [0.25, 0.3) is 0 Å². The highest BCUT2D eigenvalue weighted by Gasteiger charge is 2.13. The Labute approximate surface area is 112 Å².